The number of imidazole rings is 1. The Morgan fingerprint density at radius 2 is 1.67 bits per heavy atom. The van der Waals surface area contributed by atoms with Crippen LogP contribution in [0, 0.1) is 11.8 Å². The van der Waals surface area contributed by atoms with Crippen molar-refractivity contribution in [3.63, 3.8) is 0 Å². The molecule has 51 heavy (non-hydrogen) atoms. The third-order valence-electron chi connectivity index (χ3n) is 9.58. The molecule has 2 fully saturated rings. The molecule has 0 unspecified atom stereocenters. The van der Waals surface area contributed by atoms with Gasteiger partial charge in [-0.3, -0.25) is 19.2 Å². The van der Waals surface area contributed by atoms with Gasteiger partial charge in [-0.2, -0.15) is 0 Å². The number of benzene rings is 1. The summed E-state index contributed by atoms with van der Waals surface area (Å²) in [6.07, 6.45) is 7.02. The van der Waals surface area contributed by atoms with Crippen LogP contribution in [0.3, 0.4) is 0 Å². The Bertz CT molecular complexity index is 1460. The van der Waals surface area contributed by atoms with Crippen LogP contribution in [0.1, 0.15) is 83.9 Å². The zero-order valence-electron chi connectivity index (χ0n) is 30.4. The van der Waals surface area contributed by atoms with Gasteiger partial charge in [0.2, 0.25) is 17.7 Å². The molecule has 0 bridgehead atoms. The van der Waals surface area contributed by atoms with Crippen LogP contribution in [0.4, 0.5) is 4.79 Å². The highest BCUT2D eigenvalue weighted by molar-refractivity contribution is 5.92. The van der Waals surface area contributed by atoms with Crippen molar-refractivity contribution in [2.24, 2.45) is 11.8 Å². The number of hydrogen-bond acceptors (Lipinski definition) is 9. The van der Waals surface area contributed by atoms with E-state index in [-0.39, 0.29) is 37.7 Å². The van der Waals surface area contributed by atoms with Gasteiger partial charge in [-0.25, -0.2) is 9.78 Å². The van der Waals surface area contributed by atoms with E-state index in [1.807, 2.05) is 30.3 Å². The first-order valence-corrected chi connectivity index (χ1v) is 17.9. The molecule has 1 aliphatic carbocycles. The van der Waals surface area contributed by atoms with Crippen LogP contribution in [0.2, 0.25) is 0 Å². The summed E-state index contributed by atoms with van der Waals surface area (Å²) in [6.45, 7) is 6.48. The Morgan fingerprint density at radius 3 is 2.29 bits per heavy atom. The summed E-state index contributed by atoms with van der Waals surface area (Å²) in [4.78, 5) is 74.4. The molecule has 6 atom stereocenters. The van der Waals surface area contributed by atoms with Crippen molar-refractivity contribution in [2.75, 3.05) is 13.7 Å². The van der Waals surface area contributed by atoms with Gasteiger partial charge in [-0.1, -0.05) is 62.4 Å². The molecule has 2 aliphatic rings. The molecular formula is C37H54N6O8. The van der Waals surface area contributed by atoms with Crippen molar-refractivity contribution in [2.45, 2.75) is 121 Å². The second-order valence-electron chi connectivity index (χ2n) is 14.8. The number of aromatic nitrogens is 2. The predicted octanol–water partition coefficient (Wildman–Crippen LogP) is 2.80. The quantitative estimate of drug-likeness (QED) is 0.173. The monoisotopic (exact) mass is 710 g/mol. The Kier molecular flexibility index (Phi) is 14.0. The topological polar surface area (TPSA) is 192 Å². The minimum absolute atomic E-state index is 0.0141. The number of alkyl carbamates (subject to hydrolysis) is 1. The number of amides is 4. The molecule has 1 saturated heterocycles. The van der Waals surface area contributed by atoms with Gasteiger partial charge < -0.3 is 40.4 Å². The second-order valence-corrected chi connectivity index (χ2v) is 14.8. The molecule has 4 rings (SSSR count). The van der Waals surface area contributed by atoms with Gasteiger partial charge in [0, 0.05) is 38.7 Å². The zero-order chi connectivity index (χ0) is 37.1. The average Bonchev–Trinajstić information content (AvgIpc) is 3.69. The van der Waals surface area contributed by atoms with Crippen LogP contribution in [0.25, 0.3) is 0 Å². The molecule has 1 aromatic carbocycles. The lowest BCUT2D eigenvalue weighted by Crippen LogP contribution is -2.58. The lowest BCUT2D eigenvalue weighted by Gasteiger charge is -2.33. The number of carbonyl (C=O) groups is 5. The van der Waals surface area contributed by atoms with E-state index in [2.05, 4.69) is 25.9 Å². The Hall–Kier alpha value is -4.46. The third kappa shape index (κ3) is 12.1. The van der Waals surface area contributed by atoms with Crippen molar-refractivity contribution >= 4 is 29.8 Å². The van der Waals surface area contributed by atoms with E-state index in [1.165, 1.54) is 18.2 Å². The van der Waals surface area contributed by atoms with Crippen LogP contribution < -0.4 is 16.0 Å². The summed E-state index contributed by atoms with van der Waals surface area (Å²) in [5.74, 6) is -2.49. The molecule has 0 spiro atoms. The molecule has 1 aliphatic heterocycles. The third-order valence-corrected chi connectivity index (χ3v) is 9.58. The highest BCUT2D eigenvalue weighted by Gasteiger charge is 2.45. The standard InChI is InChI=1S/C37H54N6O8/c1-23(44)50-21-27-19-28(35(48)43(27)5)32(45)29(16-24-12-8-6-9-13-24)40-34(47)31(18-26-20-38-22-39-26)41-33(46)30(17-25-14-10-7-11-15-25)42-36(49)51-37(2,3)4/h7,10-11,14-15,20,22,24,27-32,45H,6,8-9,12-13,16-19,21H2,1-5H3,(H,38,39)(H,40,47)(H,41,46)(H,42,49)/t27-,28-,29+,30-,31-,32-/m0/s1. The zero-order valence-corrected chi connectivity index (χ0v) is 30.4. The number of hydrogen-bond donors (Lipinski definition) is 5. The molecule has 14 heteroatoms. The lowest BCUT2D eigenvalue weighted by atomic mass is 9.81. The maximum atomic E-state index is 14.2. The molecule has 1 saturated carbocycles. The van der Waals surface area contributed by atoms with Crippen molar-refractivity contribution in [1.29, 1.82) is 0 Å². The fourth-order valence-corrected chi connectivity index (χ4v) is 6.91. The number of aliphatic hydroxyl groups is 1. The van der Waals surface area contributed by atoms with Crippen molar-refractivity contribution < 1.29 is 38.6 Å². The summed E-state index contributed by atoms with van der Waals surface area (Å²) in [6, 6.07) is 5.77. The van der Waals surface area contributed by atoms with Gasteiger partial charge >= 0.3 is 12.1 Å². The van der Waals surface area contributed by atoms with Gasteiger partial charge in [0.25, 0.3) is 0 Å². The number of esters is 1. The second kappa shape index (κ2) is 18.2. The molecule has 14 nitrogen and oxygen atoms in total. The largest absolute Gasteiger partial charge is 0.464 e. The number of likely N-dealkylation sites (tertiary alicyclic amines) is 1. The fourth-order valence-electron chi connectivity index (χ4n) is 6.91. The van der Waals surface area contributed by atoms with Crippen LogP contribution in [-0.4, -0.2) is 99.3 Å². The first-order valence-electron chi connectivity index (χ1n) is 17.9. The molecule has 5 N–H and O–H groups in total. The number of ether oxygens (including phenoxy) is 2. The van der Waals surface area contributed by atoms with Crippen LogP contribution in [0.5, 0.6) is 0 Å². The van der Waals surface area contributed by atoms with Gasteiger partial charge in [0.1, 0.15) is 24.3 Å². The normalized spacial score (nSPS) is 20.5. The minimum Gasteiger partial charge on any atom is -0.464 e. The lowest BCUT2D eigenvalue weighted by molar-refractivity contribution is -0.144. The number of rotatable bonds is 15. The fraction of sp³-hybridized carbons (Fsp3) is 0.622. The predicted molar refractivity (Wildman–Crippen MR) is 188 cm³/mol. The highest BCUT2D eigenvalue weighted by Crippen LogP contribution is 2.33. The molecule has 1 aromatic heterocycles. The van der Waals surface area contributed by atoms with Gasteiger partial charge in [-0.15, -0.1) is 0 Å². The summed E-state index contributed by atoms with van der Waals surface area (Å²) < 4.78 is 10.6. The molecular weight excluding hydrogens is 656 g/mol. The Balaban J connectivity index is 1.56. The molecule has 280 valence electrons. The summed E-state index contributed by atoms with van der Waals surface area (Å²) in [7, 11) is 1.62. The van der Waals surface area contributed by atoms with E-state index < -0.39 is 65.7 Å². The Morgan fingerprint density at radius 1 is 1.00 bits per heavy atom. The van der Waals surface area contributed by atoms with Crippen LogP contribution in [0.15, 0.2) is 42.9 Å². The SMILES string of the molecule is CC(=O)OC[C@@H]1C[C@@H]([C@H](O)[C@@H](CC2CCCCC2)NC(=O)[C@H](Cc2cnc[nH]2)NC(=O)[C@H](Cc2ccccc2)NC(=O)OC(C)(C)C)C(=O)N1C. The number of likely N-dealkylation sites (N-methyl/N-ethyl adjacent to an activating group) is 1. The summed E-state index contributed by atoms with van der Waals surface area (Å²) in [5.41, 5.74) is 0.572. The molecule has 2 heterocycles. The number of aliphatic hydroxyl groups excluding tert-OH is 1. The Labute approximate surface area is 299 Å². The maximum absolute atomic E-state index is 14.2. The number of H-pyrrole nitrogens is 1. The van der Waals surface area contributed by atoms with Crippen molar-refractivity contribution in [3.8, 4) is 0 Å². The van der Waals surface area contributed by atoms with E-state index in [0.717, 1.165) is 37.7 Å². The smallest absolute Gasteiger partial charge is 0.408 e. The van der Waals surface area contributed by atoms with Gasteiger partial charge in [-0.05, 0) is 45.1 Å². The first kappa shape index (κ1) is 39.3. The van der Waals surface area contributed by atoms with E-state index in [9.17, 15) is 29.1 Å². The highest BCUT2D eigenvalue weighted by atomic mass is 16.6. The van der Waals surface area contributed by atoms with E-state index in [4.69, 9.17) is 9.47 Å². The minimum atomic E-state index is -1.23. The average molecular weight is 711 g/mol. The van der Waals surface area contributed by atoms with Gasteiger partial charge in [0.05, 0.1) is 30.4 Å². The number of nitrogens with one attached hydrogen (secondary N) is 4. The van der Waals surface area contributed by atoms with E-state index in [0.29, 0.717) is 12.1 Å². The van der Waals surface area contributed by atoms with Gasteiger partial charge in [0.15, 0.2) is 0 Å². The van der Waals surface area contributed by atoms with Crippen LogP contribution in [-0.2, 0) is 41.5 Å². The molecule has 4 amide bonds. The van der Waals surface area contributed by atoms with Crippen molar-refractivity contribution in [3.05, 3.63) is 54.1 Å². The van der Waals surface area contributed by atoms with E-state index in [1.54, 1.807) is 34.0 Å². The number of nitrogens with zero attached hydrogens (tertiary/aromatic N) is 2. The molecule has 2 aromatic rings. The number of carbonyl (C=O) groups excluding carboxylic acids is 5. The summed E-state index contributed by atoms with van der Waals surface area (Å²) >= 11 is 0. The van der Waals surface area contributed by atoms with Crippen LogP contribution >= 0.6 is 0 Å². The molecule has 0 radical (unpaired) electrons. The van der Waals surface area contributed by atoms with Crippen molar-refractivity contribution in [1.82, 2.24) is 30.8 Å². The first-order chi connectivity index (χ1) is 24.2. The van der Waals surface area contributed by atoms with E-state index >= 15 is 0 Å². The summed E-state index contributed by atoms with van der Waals surface area (Å²) in [5, 5.41) is 20.3. The number of aromatic amines is 1. The maximum Gasteiger partial charge on any atom is 0.408 e.